The third kappa shape index (κ3) is 2.91. The number of fused-ring (bicyclic) bond motifs is 7. The molecule has 0 spiro atoms. The molecule has 5 aliphatic rings. The Morgan fingerprint density at radius 2 is 1.52 bits per heavy atom. The van der Waals surface area contributed by atoms with Crippen molar-refractivity contribution in [3.8, 4) is 0 Å². The fourth-order valence-electron chi connectivity index (χ4n) is 10.7. The van der Waals surface area contributed by atoms with Crippen molar-refractivity contribution in [2.75, 3.05) is 6.61 Å². The SMILES string of the molecule is CC1(C)CC[C@]2(CO)[C@H](O)C[C@]3(C)C(=CC[C@@H]4[C@@]5(C)CC[C@H](O)C(C)(C)[C@@H]5CC[C@]43C)[C@@H]2C1. The number of aliphatic hydroxyl groups is 3. The van der Waals surface area contributed by atoms with Crippen LogP contribution in [0.15, 0.2) is 11.6 Å². The van der Waals surface area contributed by atoms with E-state index in [1.165, 1.54) is 12.8 Å². The van der Waals surface area contributed by atoms with E-state index in [1.807, 2.05) is 0 Å². The molecule has 0 saturated heterocycles. The topological polar surface area (TPSA) is 60.7 Å². The van der Waals surface area contributed by atoms with E-state index in [-0.39, 0.29) is 51.1 Å². The van der Waals surface area contributed by atoms with Crippen LogP contribution in [0.4, 0.5) is 0 Å². The predicted molar refractivity (Wildman–Crippen MR) is 134 cm³/mol. The first kappa shape index (κ1) is 24.3. The van der Waals surface area contributed by atoms with E-state index in [9.17, 15) is 15.3 Å². The van der Waals surface area contributed by atoms with E-state index < -0.39 is 6.10 Å². The second-order valence-electron chi connectivity index (χ2n) is 15.2. The van der Waals surface area contributed by atoms with Crippen molar-refractivity contribution in [1.82, 2.24) is 0 Å². The predicted octanol–water partition coefficient (Wildman–Crippen LogP) is 6.11. The third-order valence-corrected chi connectivity index (χ3v) is 13.2. The van der Waals surface area contributed by atoms with Crippen LogP contribution in [-0.2, 0) is 0 Å². The number of hydrogen-bond acceptors (Lipinski definition) is 3. The van der Waals surface area contributed by atoms with Crippen LogP contribution in [0.2, 0.25) is 0 Å². The normalized spacial score (nSPS) is 54.8. The Morgan fingerprint density at radius 1 is 0.818 bits per heavy atom. The molecule has 4 fully saturated rings. The zero-order valence-electron chi connectivity index (χ0n) is 22.4. The average Bonchev–Trinajstić information content (AvgIpc) is 2.71. The molecule has 3 nitrogen and oxygen atoms in total. The maximum absolute atomic E-state index is 11.7. The van der Waals surface area contributed by atoms with Gasteiger partial charge < -0.3 is 15.3 Å². The van der Waals surface area contributed by atoms with E-state index in [4.69, 9.17) is 0 Å². The second kappa shape index (κ2) is 7.10. The molecule has 3 heteroatoms. The molecule has 0 bridgehead atoms. The minimum absolute atomic E-state index is 0.0275. The van der Waals surface area contributed by atoms with Crippen LogP contribution in [0.25, 0.3) is 0 Å². The van der Waals surface area contributed by atoms with Crippen molar-refractivity contribution < 1.29 is 15.3 Å². The second-order valence-corrected chi connectivity index (χ2v) is 15.2. The van der Waals surface area contributed by atoms with Gasteiger partial charge in [-0.2, -0.15) is 0 Å². The standard InChI is InChI=1S/C30H50O3/c1-25(2)14-15-30(18-31)20(16-25)19-8-9-22-27(5)12-11-23(32)26(3,4)21(27)10-13-28(22,6)29(19,7)17-24(30)33/h8,20-24,31-33H,9-18H2,1-7H3/t20-,21-,22+,23-,24+,27-,28+,29+,30+/m0/s1. The molecule has 188 valence electrons. The lowest BCUT2D eigenvalue weighted by Gasteiger charge is -2.72. The molecule has 4 saturated carbocycles. The first-order valence-corrected chi connectivity index (χ1v) is 13.9. The van der Waals surface area contributed by atoms with Gasteiger partial charge in [-0.1, -0.05) is 60.1 Å². The quantitative estimate of drug-likeness (QED) is 0.415. The monoisotopic (exact) mass is 458 g/mol. The molecule has 0 aromatic carbocycles. The molecular weight excluding hydrogens is 408 g/mol. The number of hydrogen-bond donors (Lipinski definition) is 3. The van der Waals surface area contributed by atoms with Crippen LogP contribution in [0.5, 0.6) is 0 Å². The lowest BCUT2D eigenvalue weighted by atomic mass is 9.33. The molecule has 33 heavy (non-hydrogen) atoms. The van der Waals surface area contributed by atoms with Crippen LogP contribution >= 0.6 is 0 Å². The van der Waals surface area contributed by atoms with Crippen LogP contribution in [-0.4, -0.2) is 34.1 Å². The zero-order valence-corrected chi connectivity index (χ0v) is 22.4. The van der Waals surface area contributed by atoms with E-state index in [1.54, 1.807) is 5.57 Å². The van der Waals surface area contributed by atoms with Gasteiger partial charge in [0.05, 0.1) is 18.8 Å². The highest BCUT2D eigenvalue weighted by molar-refractivity contribution is 5.35. The van der Waals surface area contributed by atoms with Gasteiger partial charge in [0.15, 0.2) is 0 Å². The van der Waals surface area contributed by atoms with Gasteiger partial charge >= 0.3 is 0 Å². The van der Waals surface area contributed by atoms with E-state index in [0.717, 1.165) is 44.9 Å². The maximum Gasteiger partial charge on any atom is 0.0632 e. The Labute approximate surface area is 202 Å². The molecule has 0 radical (unpaired) electrons. The minimum Gasteiger partial charge on any atom is -0.396 e. The summed E-state index contributed by atoms with van der Waals surface area (Å²) < 4.78 is 0. The highest BCUT2D eigenvalue weighted by Gasteiger charge is 2.69. The first-order chi connectivity index (χ1) is 15.2. The summed E-state index contributed by atoms with van der Waals surface area (Å²) in [6.07, 6.45) is 11.3. The van der Waals surface area contributed by atoms with E-state index >= 15 is 0 Å². The molecule has 9 atom stereocenters. The number of rotatable bonds is 1. The van der Waals surface area contributed by atoms with Gasteiger partial charge in [-0.25, -0.2) is 0 Å². The summed E-state index contributed by atoms with van der Waals surface area (Å²) in [5, 5.41) is 33.3. The largest absolute Gasteiger partial charge is 0.396 e. The molecule has 0 aliphatic heterocycles. The summed E-state index contributed by atoms with van der Waals surface area (Å²) in [4.78, 5) is 0. The number of aliphatic hydroxyl groups excluding tert-OH is 3. The number of allylic oxidation sites excluding steroid dienone is 2. The van der Waals surface area contributed by atoms with Crippen molar-refractivity contribution in [2.24, 2.45) is 50.2 Å². The summed E-state index contributed by atoms with van der Waals surface area (Å²) >= 11 is 0. The van der Waals surface area contributed by atoms with Crippen LogP contribution in [0, 0.1) is 50.2 Å². The van der Waals surface area contributed by atoms with Crippen LogP contribution < -0.4 is 0 Å². The van der Waals surface area contributed by atoms with Gasteiger partial charge in [-0.05, 0) is 103 Å². The molecule has 0 unspecified atom stereocenters. The molecule has 0 heterocycles. The van der Waals surface area contributed by atoms with Gasteiger partial charge in [0, 0.05) is 5.41 Å². The Bertz CT molecular complexity index is 843. The van der Waals surface area contributed by atoms with E-state index in [2.05, 4.69) is 54.5 Å². The zero-order chi connectivity index (χ0) is 24.2. The highest BCUT2D eigenvalue weighted by Crippen LogP contribution is 2.75. The summed E-state index contributed by atoms with van der Waals surface area (Å²) in [7, 11) is 0. The van der Waals surface area contributed by atoms with Crippen molar-refractivity contribution in [3.63, 3.8) is 0 Å². The third-order valence-electron chi connectivity index (χ3n) is 13.2. The summed E-state index contributed by atoms with van der Waals surface area (Å²) in [5.41, 5.74) is 1.78. The minimum atomic E-state index is -0.434. The summed E-state index contributed by atoms with van der Waals surface area (Å²) in [5.74, 6) is 1.41. The van der Waals surface area contributed by atoms with Crippen molar-refractivity contribution >= 4 is 0 Å². The highest BCUT2D eigenvalue weighted by atomic mass is 16.3. The smallest absolute Gasteiger partial charge is 0.0632 e. The fraction of sp³-hybridized carbons (Fsp3) is 0.933. The Hall–Kier alpha value is -0.380. The van der Waals surface area contributed by atoms with Crippen LogP contribution in [0.1, 0.15) is 106 Å². The van der Waals surface area contributed by atoms with E-state index in [0.29, 0.717) is 11.8 Å². The van der Waals surface area contributed by atoms with Gasteiger partial charge in [0.25, 0.3) is 0 Å². The molecule has 0 amide bonds. The van der Waals surface area contributed by atoms with Gasteiger partial charge in [0.1, 0.15) is 0 Å². The first-order valence-electron chi connectivity index (χ1n) is 13.9. The molecule has 3 N–H and O–H groups in total. The molecule has 0 aromatic rings. The molecule has 0 aromatic heterocycles. The van der Waals surface area contributed by atoms with Gasteiger partial charge in [0.2, 0.25) is 0 Å². The fourth-order valence-corrected chi connectivity index (χ4v) is 10.7. The molecule has 5 aliphatic carbocycles. The van der Waals surface area contributed by atoms with Gasteiger partial charge in [-0.3, -0.25) is 0 Å². The Balaban J connectivity index is 1.61. The maximum atomic E-state index is 11.7. The molecule has 5 rings (SSSR count). The van der Waals surface area contributed by atoms with Crippen LogP contribution in [0.3, 0.4) is 0 Å². The van der Waals surface area contributed by atoms with Crippen molar-refractivity contribution in [2.45, 2.75) is 118 Å². The molecular formula is C30H50O3. The Morgan fingerprint density at radius 3 is 2.18 bits per heavy atom. The van der Waals surface area contributed by atoms with Crippen molar-refractivity contribution in [1.29, 1.82) is 0 Å². The lowest BCUT2D eigenvalue weighted by Crippen LogP contribution is -2.67. The summed E-state index contributed by atoms with van der Waals surface area (Å²) in [6.45, 7) is 17.0. The average molecular weight is 459 g/mol. The lowest BCUT2D eigenvalue weighted by molar-refractivity contribution is -0.218. The van der Waals surface area contributed by atoms with Gasteiger partial charge in [-0.15, -0.1) is 0 Å². The Kier molecular flexibility index (Phi) is 5.23. The summed E-state index contributed by atoms with van der Waals surface area (Å²) in [6, 6.07) is 0. The van der Waals surface area contributed by atoms with Crippen molar-refractivity contribution in [3.05, 3.63) is 11.6 Å².